The minimum absolute atomic E-state index is 0.0709. The van der Waals surface area contributed by atoms with E-state index in [0.29, 0.717) is 25.4 Å². The van der Waals surface area contributed by atoms with Crippen molar-refractivity contribution in [2.45, 2.75) is 56.4 Å². The van der Waals surface area contributed by atoms with Crippen molar-refractivity contribution in [1.29, 1.82) is 0 Å². The number of primary sulfonamides is 1. The number of rotatable bonds is 8. The number of nitrogens with one attached hydrogen (secondary N) is 1. The minimum Gasteiger partial charge on any atom is -0.356 e. The van der Waals surface area contributed by atoms with Crippen LogP contribution < -0.4 is 10.5 Å². The van der Waals surface area contributed by atoms with Gasteiger partial charge in [-0.1, -0.05) is 25.5 Å². The van der Waals surface area contributed by atoms with Crippen LogP contribution in [-0.4, -0.2) is 44.9 Å². The number of hydrogen-bond donors (Lipinski definition) is 2. The highest BCUT2D eigenvalue weighted by atomic mass is 32.2. The molecule has 140 valence electrons. The molecule has 1 saturated heterocycles. The Kier molecular flexibility index (Phi) is 7.40. The van der Waals surface area contributed by atoms with Gasteiger partial charge in [0.1, 0.15) is 0 Å². The molecule has 0 spiro atoms. The van der Waals surface area contributed by atoms with Crippen molar-refractivity contribution in [2.75, 3.05) is 19.6 Å². The molecule has 7 heteroatoms. The first kappa shape index (κ1) is 19.9. The SMILES string of the molecule is CCC1CCCCN1CCC(=O)NCCc1ccc(S(N)(=O)=O)cc1. The van der Waals surface area contributed by atoms with Crippen LogP contribution in [0.2, 0.25) is 0 Å². The molecule has 1 unspecified atom stereocenters. The number of hydrogen-bond acceptors (Lipinski definition) is 4. The summed E-state index contributed by atoms with van der Waals surface area (Å²) in [6.07, 6.45) is 6.11. The number of carbonyl (C=O) groups excluding carboxylic acids is 1. The molecule has 0 aliphatic carbocycles. The summed E-state index contributed by atoms with van der Waals surface area (Å²) in [5.41, 5.74) is 0.967. The van der Waals surface area contributed by atoms with Gasteiger partial charge in [0.15, 0.2) is 0 Å². The van der Waals surface area contributed by atoms with Gasteiger partial charge in [-0.3, -0.25) is 9.69 Å². The van der Waals surface area contributed by atoms with E-state index in [1.54, 1.807) is 12.1 Å². The number of carbonyl (C=O) groups is 1. The molecule has 1 aromatic carbocycles. The number of sulfonamides is 1. The maximum absolute atomic E-state index is 12.0. The first-order chi connectivity index (χ1) is 11.9. The van der Waals surface area contributed by atoms with E-state index in [1.807, 2.05) is 0 Å². The molecule has 6 nitrogen and oxygen atoms in total. The normalized spacial score (nSPS) is 18.9. The third kappa shape index (κ3) is 6.41. The highest BCUT2D eigenvalue weighted by molar-refractivity contribution is 7.89. The quantitative estimate of drug-likeness (QED) is 0.731. The zero-order chi connectivity index (χ0) is 18.3. The summed E-state index contributed by atoms with van der Waals surface area (Å²) in [6.45, 7) is 4.69. The lowest BCUT2D eigenvalue weighted by Gasteiger charge is -2.35. The predicted molar refractivity (Wildman–Crippen MR) is 98.6 cm³/mol. The molecule has 3 N–H and O–H groups in total. The standard InChI is InChI=1S/C18H29N3O3S/c1-2-16-5-3-4-13-21(16)14-11-18(22)20-12-10-15-6-8-17(9-7-15)25(19,23)24/h6-9,16H,2-5,10-14H2,1H3,(H,20,22)(H2,19,23,24). The molecule has 2 rings (SSSR count). The first-order valence-electron chi connectivity index (χ1n) is 9.02. The van der Waals surface area contributed by atoms with Gasteiger partial charge in [0, 0.05) is 25.6 Å². The lowest BCUT2D eigenvalue weighted by Crippen LogP contribution is -2.41. The largest absolute Gasteiger partial charge is 0.356 e. The number of benzene rings is 1. The summed E-state index contributed by atoms with van der Waals surface area (Å²) in [6, 6.07) is 7.07. The topological polar surface area (TPSA) is 92.5 Å². The van der Waals surface area contributed by atoms with Crippen LogP contribution in [0.4, 0.5) is 0 Å². The number of piperidine rings is 1. The van der Waals surface area contributed by atoms with Gasteiger partial charge >= 0.3 is 0 Å². The maximum Gasteiger partial charge on any atom is 0.238 e. The minimum atomic E-state index is -3.65. The number of amides is 1. The van der Waals surface area contributed by atoms with E-state index in [1.165, 1.54) is 31.4 Å². The van der Waals surface area contributed by atoms with Crippen molar-refractivity contribution >= 4 is 15.9 Å². The molecule has 0 radical (unpaired) electrons. The monoisotopic (exact) mass is 367 g/mol. The van der Waals surface area contributed by atoms with Crippen LogP contribution in [-0.2, 0) is 21.2 Å². The van der Waals surface area contributed by atoms with Crippen molar-refractivity contribution < 1.29 is 13.2 Å². The Labute approximate surface area is 150 Å². The van der Waals surface area contributed by atoms with E-state index in [0.717, 1.165) is 25.1 Å². The predicted octanol–water partition coefficient (Wildman–Crippen LogP) is 1.65. The van der Waals surface area contributed by atoms with Crippen LogP contribution in [0.25, 0.3) is 0 Å². The van der Waals surface area contributed by atoms with Gasteiger partial charge in [-0.2, -0.15) is 0 Å². The Morgan fingerprint density at radius 1 is 1.28 bits per heavy atom. The third-order valence-corrected chi connectivity index (χ3v) is 5.76. The lowest BCUT2D eigenvalue weighted by atomic mass is 10.00. The Bertz CT molecular complexity index is 659. The van der Waals surface area contributed by atoms with Crippen LogP contribution in [0.1, 0.15) is 44.6 Å². The molecule has 1 heterocycles. The number of likely N-dealkylation sites (tertiary alicyclic amines) is 1. The third-order valence-electron chi connectivity index (χ3n) is 4.83. The average molecular weight is 368 g/mol. The second-order valence-corrected chi connectivity index (χ2v) is 8.19. The zero-order valence-electron chi connectivity index (χ0n) is 14.9. The Balaban J connectivity index is 1.70. The van der Waals surface area contributed by atoms with Crippen LogP contribution in [0, 0.1) is 0 Å². The van der Waals surface area contributed by atoms with Crippen molar-refractivity contribution in [3.63, 3.8) is 0 Å². The van der Waals surface area contributed by atoms with Crippen molar-refractivity contribution in [3.8, 4) is 0 Å². The summed E-state index contributed by atoms with van der Waals surface area (Å²) in [7, 11) is -3.65. The summed E-state index contributed by atoms with van der Waals surface area (Å²) in [5, 5.41) is 8.01. The summed E-state index contributed by atoms with van der Waals surface area (Å²) >= 11 is 0. The van der Waals surface area contributed by atoms with E-state index in [9.17, 15) is 13.2 Å². The zero-order valence-corrected chi connectivity index (χ0v) is 15.7. The molecule has 1 atom stereocenters. The van der Waals surface area contributed by atoms with Gasteiger partial charge in [-0.05, 0) is 49.9 Å². The van der Waals surface area contributed by atoms with E-state index in [2.05, 4.69) is 17.1 Å². The molecule has 1 fully saturated rings. The Morgan fingerprint density at radius 2 is 2.00 bits per heavy atom. The van der Waals surface area contributed by atoms with Gasteiger partial charge in [-0.25, -0.2) is 13.6 Å². The maximum atomic E-state index is 12.0. The second-order valence-electron chi connectivity index (χ2n) is 6.63. The van der Waals surface area contributed by atoms with Gasteiger partial charge in [-0.15, -0.1) is 0 Å². The molecule has 0 aromatic heterocycles. The van der Waals surface area contributed by atoms with E-state index in [4.69, 9.17) is 5.14 Å². The lowest BCUT2D eigenvalue weighted by molar-refractivity contribution is -0.121. The van der Waals surface area contributed by atoms with E-state index in [-0.39, 0.29) is 10.8 Å². The Hall–Kier alpha value is -1.44. The van der Waals surface area contributed by atoms with Crippen LogP contribution in [0.3, 0.4) is 0 Å². The summed E-state index contributed by atoms with van der Waals surface area (Å²) < 4.78 is 22.4. The van der Waals surface area contributed by atoms with Gasteiger partial charge in [0.05, 0.1) is 4.90 Å². The summed E-state index contributed by atoms with van der Waals surface area (Å²) in [4.78, 5) is 14.6. The van der Waals surface area contributed by atoms with E-state index >= 15 is 0 Å². The van der Waals surface area contributed by atoms with Gasteiger partial charge < -0.3 is 5.32 Å². The smallest absolute Gasteiger partial charge is 0.238 e. The van der Waals surface area contributed by atoms with Crippen molar-refractivity contribution in [1.82, 2.24) is 10.2 Å². The highest BCUT2D eigenvalue weighted by Gasteiger charge is 2.20. The number of nitrogens with zero attached hydrogens (tertiary/aromatic N) is 1. The molecular weight excluding hydrogens is 338 g/mol. The molecule has 1 amide bonds. The van der Waals surface area contributed by atoms with Crippen LogP contribution in [0.5, 0.6) is 0 Å². The fourth-order valence-electron chi connectivity index (χ4n) is 3.34. The van der Waals surface area contributed by atoms with Crippen LogP contribution >= 0.6 is 0 Å². The molecule has 1 aliphatic rings. The molecule has 1 aromatic rings. The van der Waals surface area contributed by atoms with Crippen molar-refractivity contribution in [2.24, 2.45) is 5.14 Å². The van der Waals surface area contributed by atoms with E-state index < -0.39 is 10.0 Å². The highest BCUT2D eigenvalue weighted by Crippen LogP contribution is 2.19. The molecule has 0 saturated carbocycles. The Morgan fingerprint density at radius 3 is 2.64 bits per heavy atom. The molecular formula is C18H29N3O3S. The average Bonchev–Trinajstić information content (AvgIpc) is 2.60. The second kappa shape index (κ2) is 9.31. The van der Waals surface area contributed by atoms with Crippen LogP contribution in [0.15, 0.2) is 29.2 Å². The van der Waals surface area contributed by atoms with Gasteiger partial charge in [0.2, 0.25) is 15.9 Å². The fraction of sp³-hybridized carbons (Fsp3) is 0.611. The molecule has 25 heavy (non-hydrogen) atoms. The number of nitrogens with two attached hydrogens (primary N) is 1. The molecule has 1 aliphatic heterocycles. The summed E-state index contributed by atoms with van der Waals surface area (Å²) in [5.74, 6) is 0.0709. The molecule has 0 bridgehead atoms. The fourth-order valence-corrected chi connectivity index (χ4v) is 3.86. The van der Waals surface area contributed by atoms with Gasteiger partial charge in [0.25, 0.3) is 0 Å². The first-order valence-corrected chi connectivity index (χ1v) is 10.6. The van der Waals surface area contributed by atoms with Crippen molar-refractivity contribution in [3.05, 3.63) is 29.8 Å².